The Hall–Kier alpha value is -4.41. The average Bonchev–Trinajstić information content (AvgIpc) is 2.84. The lowest BCUT2D eigenvalue weighted by molar-refractivity contribution is -0.143. The smallest absolute Gasteiger partial charge is 0.343 e. The van der Waals surface area contributed by atoms with Crippen molar-refractivity contribution in [3.63, 3.8) is 0 Å². The highest BCUT2D eigenvalue weighted by atomic mass is 19.1. The minimum absolute atomic E-state index is 0.0750. The van der Waals surface area contributed by atoms with Crippen molar-refractivity contribution in [3.05, 3.63) is 60.5 Å². The maximum atomic E-state index is 14.7. The summed E-state index contributed by atoms with van der Waals surface area (Å²) in [5.74, 6) is -1.08. The average molecular weight is 456 g/mol. The first kappa shape index (κ1) is 23.3. The van der Waals surface area contributed by atoms with Crippen LogP contribution in [0.25, 0.3) is 0 Å². The number of hydrogen-bond acceptors (Lipinski definition) is 10. The van der Waals surface area contributed by atoms with Crippen LogP contribution in [0.3, 0.4) is 0 Å². The molecule has 0 amide bonds. The third-order valence-electron chi connectivity index (χ3n) is 4.31. The first-order chi connectivity index (χ1) is 15.9. The van der Waals surface area contributed by atoms with Gasteiger partial charge in [0.1, 0.15) is 11.5 Å². The van der Waals surface area contributed by atoms with E-state index in [0.717, 1.165) is 6.20 Å². The van der Waals surface area contributed by atoms with Gasteiger partial charge in [0.2, 0.25) is 5.95 Å². The minimum Gasteiger partial charge on any atom is -0.482 e. The summed E-state index contributed by atoms with van der Waals surface area (Å²) in [5, 5.41) is 0. The maximum absolute atomic E-state index is 14.7. The lowest BCUT2D eigenvalue weighted by Crippen LogP contribution is -2.15. The van der Waals surface area contributed by atoms with Crippen LogP contribution < -0.4 is 20.1 Å². The topological polar surface area (TPSA) is 126 Å². The van der Waals surface area contributed by atoms with Gasteiger partial charge < -0.3 is 24.7 Å². The van der Waals surface area contributed by atoms with Crippen LogP contribution in [0.1, 0.15) is 0 Å². The summed E-state index contributed by atoms with van der Waals surface area (Å²) in [6.45, 7) is -0.493. The second kappa shape index (κ2) is 10.8. The summed E-state index contributed by atoms with van der Waals surface area (Å²) in [7, 11) is 2.53. The van der Waals surface area contributed by atoms with Crippen molar-refractivity contribution in [3.8, 4) is 11.5 Å². The van der Waals surface area contributed by atoms with E-state index < -0.39 is 17.8 Å². The summed E-state index contributed by atoms with van der Waals surface area (Å²) < 4.78 is 34.5. The summed E-state index contributed by atoms with van der Waals surface area (Å²) in [5.41, 5.74) is 6.75. The number of anilines is 4. The first-order valence-electron chi connectivity index (χ1n) is 9.58. The zero-order chi connectivity index (χ0) is 23.8. The summed E-state index contributed by atoms with van der Waals surface area (Å²) in [6, 6.07) is 13.1. The number of rotatable bonds is 9. The SMILES string of the molecule is COC(=O)COc1ccc(N(c2ccc(OCC(=O)OC)cc2)c2nc(N)ncc2F)cc1. The van der Waals surface area contributed by atoms with Gasteiger partial charge in [-0.05, 0) is 48.5 Å². The molecule has 0 radical (unpaired) electrons. The molecule has 11 heteroatoms. The van der Waals surface area contributed by atoms with E-state index in [9.17, 15) is 14.0 Å². The van der Waals surface area contributed by atoms with E-state index in [1.54, 1.807) is 48.5 Å². The number of esters is 2. The fraction of sp³-hybridized carbons (Fsp3) is 0.182. The predicted octanol–water partition coefficient (Wildman–Crippen LogP) is 2.77. The summed E-state index contributed by atoms with van der Waals surface area (Å²) in [4.78, 5) is 31.8. The molecule has 0 atom stereocenters. The molecule has 0 saturated heterocycles. The lowest BCUT2D eigenvalue weighted by Gasteiger charge is -2.25. The van der Waals surface area contributed by atoms with Gasteiger partial charge in [0.25, 0.3) is 0 Å². The van der Waals surface area contributed by atoms with Gasteiger partial charge in [0, 0.05) is 11.4 Å². The van der Waals surface area contributed by atoms with Crippen LogP contribution in [-0.4, -0.2) is 49.3 Å². The third kappa shape index (κ3) is 6.06. The van der Waals surface area contributed by atoms with Gasteiger partial charge in [-0.15, -0.1) is 0 Å². The Labute approximate surface area is 188 Å². The largest absolute Gasteiger partial charge is 0.482 e. The van der Waals surface area contributed by atoms with E-state index in [-0.39, 0.29) is 25.0 Å². The molecule has 1 heterocycles. The first-order valence-corrected chi connectivity index (χ1v) is 9.58. The number of nitrogen functional groups attached to an aromatic ring is 1. The number of ether oxygens (including phenoxy) is 4. The Morgan fingerprint density at radius 2 is 1.33 bits per heavy atom. The highest BCUT2D eigenvalue weighted by molar-refractivity contribution is 5.76. The molecule has 0 unspecified atom stereocenters. The van der Waals surface area contributed by atoms with Gasteiger partial charge in [0.05, 0.1) is 20.4 Å². The normalized spacial score (nSPS) is 10.3. The molecule has 1 aromatic heterocycles. The second-order valence-electron chi connectivity index (χ2n) is 6.45. The van der Waals surface area contributed by atoms with E-state index in [1.807, 2.05) is 0 Å². The molecular formula is C22H21FN4O6. The van der Waals surface area contributed by atoms with Gasteiger partial charge in [-0.1, -0.05) is 0 Å². The van der Waals surface area contributed by atoms with Crippen molar-refractivity contribution >= 4 is 35.1 Å². The second-order valence-corrected chi connectivity index (χ2v) is 6.45. The van der Waals surface area contributed by atoms with E-state index in [2.05, 4.69) is 19.4 Å². The molecule has 0 aliphatic rings. The van der Waals surface area contributed by atoms with Gasteiger partial charge in [-0.2, -0.15) is 4.98 Å². The Balaban J connectivity index is 1.91. The molecule has 10 nitrogen and oxygen atoms in total. The lowest BCUT2D eigenvalue weighted by atomic mass is 10.2. The Kier molecular flexibility index (Phi) is 7.58. The molecule has 0 aliphatic heterocycles. The number of hydrogen-bond donors (Lipinski definition) is 1. The maximum Gasteiger partial charge on any atom is 0.343 e. The van der Waals surface area contributed by atoms with Crippen LogP contribution in [0, 0.1) is 5.82 Å². The van der Waals surface area contributed by atoms with E-state index in [4.69, 9.17) is 15.2 Å². The molecule has 2 aromatic carbocycles. The van der Waals surface area contributed by atoms with Gasteiger partial charge >= 0.3 is 11.9 Å². The van der Waals surface area contributed by atoms with Crippen molar-refractivity contribution in [2.24, 2.45) is 0 Å². The molecule has 3 aromatic rings. The number of nitrogens with two attached hydrogens (primary N) is 1. The molecular weight excluding hydrogens is 435 g/mol. The molecule has 0 spiro atoms. The number of benzene rings is 2. The minimum atomic E-state index is -0.693. The Morgan fingerprint density at radius 3 is 1.76 bits per heavy atom. The number of carbonyl (C=O) groups excluding carboxylic acids is 2. The number of halogens is 1. The van der Waals surface area contributed by atoms with Gasteiger partial charge in [0.15, 0.2) is 24.8 Å². The molecule has 0 aliphatic carbocycles. The molecule has 0 saturated carbocycles. The number of methoxy groups -OCH3 is 2. The molecule has 3 rings (SSSR count). The van der Waals surface area contributed by atoms with Crippen LogP contribution in [0.15, 0.2) is 54.7 Å². The van der Waals surface area contributed by atoms with Crippen LogP contribution in [0.4, 0.5) is 27.5 Å². The van der Waals surface area contributed by atoms with Crippen molar-refractivity contribution in [2.75, 3.05) is 38.1 Å². The van der Waals surface area contributed by atoms with Crippen molar-refractivity contribution < 1.29 is 32.9 Å². The number of nitrogens with zero attached hydrogens (tertiary/aromatic N) is 3. The van der Waals surface area contributed by atoms with Crippen LogP contribution >= 0.6 is 0 Å². The number of aromatic nitrogens is 2. The monoisotopic (exact) mass is 456 g/mol. The fourth-order valence-electron chi connectivity index (χ4n) is 2.71. The van der Waals surface area contributed by atoms with Crippen LogP contribution in [0.2, 0.25) is 0 Å². The van der Waals surface area contributed by atoms with Crippen LogP contribution in [-0.2, 0) is 19.1 Å². The van der Waals surface area contributed by atoms with Crippen molar-refractivity contribution in [1.29, 1.82) is 0 Å². The van der Waals surface area contributed by atoms with Crippen LogP contribution in [0.5, 0.6) is 11.5 Å². The molecule has 0 bridgehead atoms. The Bertz CT molecular complexity index is 1050. The molecule has 0 fully saturated rings. The van der Waals surface area contributed by atoms with Crippen molar-refractivity contribution in [1.82, 2.24) is 9.97 Å². The standard InChI is InChI=1S/C22H21FN4O6/c1-30-19(28)12-32-16-7-3-14(4-8-16)27(21-18(23)11-25-22(24)26-21)15-5-9-17(10-6-15)33-13-20(29)31-2/h3-11H,12-13H2,1-2H3,(H2,24,25,26). The quantitative estimate of drug-likeness (QED) is 0.480. The highest BCUT2D eigenvalue weighted by Crippen LogP contribution is 2.36. The zero-order valence-electron chi connectivity index (χ0n) is 17.9. The highest BCUT2D eigenvalue weighted by Gasteiger charge is 2.19. The summed E-state index contributed by atoms with van der Waals surface area (Å²) >= 11 is 0. The van der Waals surface area contributed by atoms with Crippen molar-refractivity contribution in [2.45, 2.75) is 0 Å². The van der Waals surface area contributed by atoms with E-state index in [1.165, 1.54) is 19.1 Å². The zero-order valence-corrected chi connectivity index (χ0v) is 17.9. The third-order valence-corrected chi connectivity index (χ3v) is 4.31. The van der Waals surface area contributed by atoms with E-state index in [0.29, 0.717) is 22.9 Å². The molecule has 172 valence electrons. The fourth-order valence-corrected chi connectivity index (χ4v) is 2.71. The Morgan fingerprint density at radius 1 is 0.879 bits per heavy atom. The van der Waals surface area contributed by atoms with Gasteiger partial charge in [-0.25, -0.2) is 19.0 Å². The summed E-state index contributed by atoms with van der Waals surface area (Å²) in [6.07, 6.45) is 0.979. The van der Waals surface area contributed by atoms with Gasteiger partial charge in [-0.3, -0.25) is 4.90 Å². The molecule has 2 N–H and O–H groups in total. The number of carbonyl (C=O) groups is 2. The van der Waals surface area contributed by atoms with E-state index >= 15 is 0 Å². The predicted molar refractivity (Wildman–Crippen MR) is 116 cm³/mol. The molecule has 33 heavy (non-hydrogen) atoms.